The summed E-state index contributed by atoms with van der Waals surface area (Å²) in [5.74, 6) is 0.932. The minimum absolute atomic E-state index is 0.243. The van der Waals surface area contributed by atoms with Gasteiger partial charge in [-0.25, -0.2) is 0 Å². The molecule has 0 bridgehead atoms. The zero-order valence-electron chi connectivity index (χ0n) is 15.7. The molecule has 4 heteroatoms. The van der Waals surface area contributed by atoms with Crippen molar-refractivity contribution in [1.82, 2.24) is 9.80 Å². The van der Waals surface area contributed by atoms with E-state index < -0.39 is 0 Å². The predicted octanol–water partition coefficient (Wildman–Crippen LogP) is 3.15. The van der Waals surface area contributed by atoms with Crippen LogP contribution >= 0.6 is 0 Å². The van der Waals surface area contributed by atoms with Gasteiger partial charge >= 0.3 is 0 Å². The van der Waals surface area contributed by atoms with Crippen molar-refractivity contribution in [2.75, 3.05) is 32.8 Å². The fourth-order valence-electron chi connectivity index (χ4n) is 3.67. The molecular formula is C22H30N2O2. The van der Waals surface area contributed by atoms with Gasteiger partial charge in [0.1, 0.15) is 5.75 Å². The van der Waals surface area contributed by atoms with E-state index in [1.54, 1.807) is 0 Å². The molecular weight excluding hydrogens is 324 g/mol. The van der Waals surface area contributed by atoms with Crippen LogP contribution in [0.25, 0.3) is 0 Å². The van der Waals surface area contributed by atoms with Gasteiger partial charge in [-0.05, 0) is 36.6 Å². The van der Waals surface area contributed by atoms with Crippen LogP contribution in [0.5, 0.6) is 5.75 Å². The van der Waals surface area contributed by atoms with Crippen LogP contribution in [0.4, 0.5) is 0 Å². The smallest absolute Gasteiger partial charge is 0.119 e. The van der Waals surface area contributed by atoms with Crippen LogP contribution in [-0.4, -0.2) is 53.8 Å². The van der Waals surface area contributed by atoms with Crippen molar-refractivity contribution in [2.24, 2.45) is 0 Å². The Hall–Kier alpha value is -1.88. The lowest BCUT2D eigenvalue weighted by atomic mass is 10.1. The molecule has 0 radical (unpaired) electrons. The number of nitrogens with zero attached hydrogens (tertiary/aromatic N) is 2. The van der Waals surface area contributed by atoms with Crippen LogP contribution in [0.3, 0.4) is 0 Å². The average molecular weight is 354 g/mol. The second kappa shape index (κ2) is 9.72. The van der Waals surface area contributed by atoms with E-state index in [9.17, 15) is 5.11 Å². The average Bonchev–Trinajstić information content (AvgIpc) is 2.67. The van der Waals surface area contributed by atoms with Gasteiger partial charge in [-0.15, -0.1) is 0 Å². The summed E-state index contributed by atoms with van der Waals surface area (Å²) in [5, 5.41) is 9.50. The van der Waals surface area contributed by atoms with Gasteiger partial charge in [0.05, 0.1) is 6.61 Å². The minimum Gasteiger partial charge on any atom is -0.494 e. The summed E-state index contributed by atoms with van der Waals surface area (Å²) < 4.78 is 5.52. The molecule has 26 heavy (non-hydrogen) atoms. The molecule has 1 fully saturated rings. The van der Waals surface area contributed by atoms with Gasteiger partial charge < -0.3 is 9.84 Å². The summed E-state index contributed by atoms with van der Waals surface area (Å²) in [6.45, 7) is 7.96. The van der Waals surface area contributed by atoms with Crippen molar-refractivity contribution in [3.63, 3.8) is 0 Å². The Morgan fingerprint density at radius 2 is 1.69 bits per heavy atom. The monoisotopic (exact) mass is 354 g/mol. The Bertz CT molecular complexity index is 645. The number of aliphatic hydroxyl groups is 1. The van der Waals surface area contributed by atoms with Gasteiger partial charge in [-0.1, -0.05) is 42.5 Å². The molecule has 0 spiro atoms. The third-order valence-electron chi connectivity index (χ3n) is 5.02. The Balaban J connectivity index is 1.58. The summed E-state index contributed by atoms with van der Waals surface area (Å²) in [6.07, 6.45) is 0.826. The van der Waals surface area contributed by atoms with Crippen molar-refractivity contribution >= 4 is 0 Å². The van der Waals surface area contributed by atoms with Gasteiger partial charge in [0.25, 0.3) is 0 Å². The van der Waals surface area contributed by atoms with E-state index in [1.807, 2.05) is 6.92 Å². The molecule has 1 heterocycles. The quantitative estimate of drug-likeness (QED) is 0.790. The van der Waals surface area contributed by atoms with Crippen molar-refractivity contribution < 1.29 is 9.84 Å². The fraction of sp³-hybridized carbons (Fsp3) is 0.455. The lowest BCUT2D eigenvalue weighted by Crippen LogP contribution is -2.52. The Kier molecular flexibility index (Phi) is 7.06. The standard InChI is InChI=1S/C22H30N2O2/c1-2-26-22-10-8-20(9-11-22)16-23-13-14-24(21(18-23)12-15-25)17-19-6-4-3-5-7-19/h3-11,21,25H,2,12-18H2,1H3/t21-/m0/s1. The first-order valence-corrected chi connectivity index (χ1v) is 9.61. The van der Waals surface area contributed by atoms with Crippen LogP contribution in [0, 0.1) is 0 Å². The molecule has 140 valence electrons. The van der Waals surface area contributed by atoms with Crippen molar-refractivity contribution in [3.05, 3.63) is 65.7 Å². The summed E-state index contributed by atoms with van der Waals surface area (Å²) >= 11 is 0. The van der Waals surface area contributed by atoms with Crippen molar-refractivity contribution in [3.8, 4) is 5.75 Å². The molecule has 4 nitrogen and oxygen atoms in total. The number of benzene rings is 2. The van der Waals surface area contributed by atoms with Crippen LogP contribution in [-0.2, 0) is 13.1 Å². The number of hydrogen-bond donors (Lipinski definition) is 1. The summed E-state index contributed by atoms with van der Waals surface area (Å²) in [7, 11) is 0. The molecule has 0 amide bonds. The van der Waals surface area contributed by atoms with Crippen molar-refractivity contribution in [2.45, 2.75) is 32.5 Å². The third-order valence-corrected chi connectivity index (χ3v) is 5.02. The number of hydrogen-bond acceptors (Lipinski definition) is 4. The molecule has 2 aromatic carbocycles. The third kappa shape index (κ3) is 5.31. The van der Waals surface area contributed by atoms with E-state index in [1.165, 1.54) is 11.1 Å². The molecule has 0 aliphatic carbocycles. The zero-order valence-corrected chi connectivity index (χ0v) is 15.7. The summed E-state index contributed by atoms with van der Waals surface area (Å²) in [5.41, 5.74) is 2.66. The lowest BCUT2D eigenvalue weighted by Gasteiger charge is -2.41. The number of ether oxygens (including phenoxy) is 1. The van der Waals surface area contributed by atoms with Crippen LogP contribution < -0.4 is 4.74 Å². The predicted molar refractivity (Wildman–Crippen MR) is 105 cm³/mol. The normalized spacial score (nSPS) is 18.8. The number of rotatable bonds is 8. The summed E-state index contributed by atoms with van der Waals surface area (Å²) in [6, 6.07) is 19.4. The van der Waals surface area contributed by atoms with Gasteiger partial charge in [0.2, 0.25) is 0 Å². The Labute approximate surface area is 157 Å². The van der Waals surface area contributed by atoms with E-state index in [-0.39, 0.29) is 6.61 Å². The van der Waals surface area contributed by atoms with E-state index in [0.717, 1.165) is 44.9 Å². The molecule has 0 unspecified atom stereocenters. The minimum atomic E-state index is 0.243. The maximum atomic E-state index is 9.50. The Morgan fingerprint density at radius 3 is 2.38 bits per heavy atom. The van der Waals surface area contributed by atoms with Gasteiger partial charge in [-0.2, -0.15) is 0 Å². The molecule has 0 saturated carbocycles. The first-order valence-electron chi connectivity index (χ1n) is 9.61. The molecule has 1 atom stereocenters. The van der Waals surface area contributed by atoms with Crippen LogP contribution in [0.15, 0.2) is 54.6 Å². The van der Waals surface area contributed by atoms with Crippen LogP contribution in [0.2, 0.25) is 0 Å². The molecule has 1 aliphatic heterocycles. The number of piperazine rings is 1. The highest BCUT2D eigenvalue weighted by atomic mass is 16.5. The second-order valence-electron chi connectivity index (χ2n) is 6.93. The molecule has 1 aliphatic rings. The molecule has 2 aromatic rings. The van der Waals surface area contributed by atoms with E-state index >= 15 is 0 Å². The van der Waals surface area contributed by atoms with Gasteiger partial charge in [-0.3, -0.25) is 9.80 Å². The number of aliphatic hydroxyl groups excluding tert-OH is 1. The fourth-order valence-corrected chi connectivity index (χ4v) is 3.67. The molecule has 3 rings (SSSR count). The second-order valence-corrected chi connectivity index (χ2v) is 6.93. The first kappa shape index (κ1) is 18.9. The largest absolute Gasteiger partial charge is 0.494 e. The van der Waals surface area contributed by atoms with E-state index in [2.05, 4.69) is 64.4 Å². The molecule has 1 saturated heterocycles. The van der Waals surface area contributed by atoms with E-state index in [4.69, 9.17) is 4.74 Å². The molecule has 0 aromatic heterocycles. The highest BCUT2D eigenvalue weighted by Gasteiger charge is 2.26. The molecule has 1 N–H and O–H groups in total. The van der Waals surface area contributed by atoms with Gasteiger partial charge in [0, 0.05) is 45.4 Å². The highest BCUT2D eigenvalue weighted by molar-refractivity contribution is 5.27. The Morgan fingerprint density at radius 1 is 0.962 bits per heavy atom. The van der Waals surface area contributed by atoms with E-state index in [0.29, 0.717) is 12.6 Å². The SMILES string of the molecule is CCOc1ccc(CN2CCN(Cc3ccccc3)[C@@H](CCO)C2)cc1. The maximum absolute atomic E-state index is 9.50. The van der Waals surface area contributed by atoms with Crippen molar-refractivity contribution in [1.29, 1.82) is 0 Å². The zero-order chi connectivity index (χ0) is 18.2. The van der Waals surface area contributed by atoms with Crippen LogP contribution in [0.1, 0.15) is 24.5 Å². The topological polar surface area (TPSA) is 35.9 Å². The lowest BCUT2D eigenvalue weighted by molar-refractivity contribution is 0.0500. The summed E-state index contributed by atoms with van der Waals surface area (Å²) in [4.78, 5) is 5.01. The highest BCUT2D eigenvalue weighted by Crippen LogP contribution is 2.19. The van der Waals surface area contributed by atoms with Gasteiger partial charge in [0.15, 0.2) is 0 Å². The first-order chi connectivity index (χ1) is 12.8. The maximum Gasteiger partial charge on any atom is 0.119 e.